The maximum absolute atomic E-state index is 13.4. The van der Waals surface area contributed by atoms with Gasteiger partial charge >= 0.3 is 6.18 Å². The Morgan fingerprint density at radius 3 is 2.13 bits per heavy atom. The molecule has 2 N–H and O–H groups in total. The molecule has 1 saturated heterocycles. The molecular formula is C20H25F3N6S. The normalized spacial score (nSPS) is 15.1. The molecule has 0 amide bonds. The first-order valence-electron chi connectivity index (χ1n) is 9.62. The molecule has 0 bridgehead atoms. The van der Waals surface area contributed by atoms with Gasteiger partial charge in [-0.2, -0.15) is 18.2 Å². The second-order valence-electron chi connectivity index (χ2n) is 8.07. The lowest BCUT2D eigenvalue weighted by Crippen LogP contribution is -2.47. The number of aromatic nitrogens is 2. The van der Waals surface area contributed by atoms with E-state index in [0.717, 1.165) is 11.8 Å². The van der Waals surface area contributed by atoms with E-state index in [1.807, 2.05) is 56.0 Å². The zero-order valence-corrected chi connectivity index (χ0v) is 17.9. The van der Waals surface area contributed by atoms with Gasteiger partial charge in [0.15, 0.2) is 10.8 Å². The van der Waals surface area contributed by atoms with E-state index in [4.69, 9.17) is 12.2 Å². The van der Waals surface area contributed by atoms with Crippen LogP contribution in [0.1, 0.15) is 26.5 Å². The van der Waals surface area contributed by atoms with Crippen LogP contribution in [0.5, 0.6) is 0 Å². The van der Waals surface area contributed by atoms with Gasteiger partial charge in [0.1, 0.15) is 5.82 Å². The summed E-state index contributed by atoms with van der Waals surface area (Å²) in [5.41, 5.74) is -0.252. The summed E-state index contributed by atoms with van der Waals surface area (Å²) in [7, 11) is 0. The number of alkyl halides is 3. The summed E-state index contributed by atoms with van der Waals surface area (Å²) < 4.78 is 40.2. The van der Waals surface area contributed by atoms with Gasteiger partial charge in [0.05, 0.1) is 0 Å². The summed E-state index contributed by atoms with van der Waals surface area (Å²) in [5.74, 6) is 0.0539. The van der Waals surface area contributed by atoms with E-state index in [2.05, 4.69) is 25.5 Å². The van der Waals surface area contributed by atoms with Crippen molar-refractivity contribution in [2.24, 2.45) is 0 Å². The molecule has 0 aliphatic carbocycles. The first-order chi connectivity index (χ1) is 14.0. The minimum Gasteiger partial charge on any atom is -0.368 e. The van der Waals surface area contributed by atoms with Crippen molar-refractivity contribution in [1.82, 2.24) is 15.3 Å². The molecule has 3 rings (SSSR count). The minimum atomic E-state index is -4.58. The Balaban J connectivity index is 1.78. The van der Waals surface area contributed by atoms with Crippen LogP contribution in [-0.2, 0) is 6.18 Å². The Bertz CT molecular complexity index is 874. The fraction of sp³-hybridized carbons (Fsp3) is 0.450. The van der Waals surface area contributed by atoms with E-state index in [-0.39, 0.29) is 22.4 Å². The van der Waals surface area contributed by atoms with Gasteiger partial charge in [-0.25, -0.2) is 4.98 Å². The number of thiocarbonyl (C=S) groups is 1. The Labute approximate surface area is 179 Å². The lowest BCUT2D eigenvalue weighted by Gasteiger charge is -2.37. The Kier molecular flexibility index (Phi) is 6.35. The second kappa shape index (κ2) is 8.63. The molecule has 1 aromatic carbocycles. The number of nitrogens with zero attached hydrogens (tertiary/aromatic N) is 4. The fourth-order valence-electron chi connectivity index (χ4n) is 3.10. The summed E-state index contributed by atoms with van der Waals surface area (Å²) >= 11 is 5.19. The Morgan fingerprint density at radius 1 is 0.967 bits per heavy atom. The van der Waals surface area contributed by atoms with Gasteiger partial charge in [-0.15, -0.1) is 0 Å². The third-order valence-corrected chi connectivity index (χ3v) is 4.65. The molecule has 1 aliphatic rings. The number of piperazine rings is 1. The standard InChI is InChI=1S/C20H25F3N6S/c1-19(2,3)27-18(30)26-17-24-15(20(21,22)23)13-16(25-17)29-11-9-28(10-12-29)14-7-5-4-6-8-14/h4-8,13H,9-12H2,1-3H3,(H2,24,25,26,27,30). The smallest absolute Gasteiger partial charge is 0.368 e. The first kappa shape index (κ1) is 22.1. The van der Waals surface area contributed by atoms with E-state index >= 15 is 0 Å². The molecule has 0 atom stereocenters. The van der Waals surface area contributed by atoms with Crippen molar-refractivity contribution in [3.8, 4) is 0 Å². The van der Waals surface area contributed by atoms with Gasteiger partial charge in [0, 0.05) is 43.5 Å². The minimum absolute atomic E-state index is 0.168. The van der Waals surface area contributed by atoms with Crippen LogP contribution in [0.2, 0.25) is 0 Å². The van der Waals surface area contributed by atoms with E-state index < -0.39 is 11.9 Å². The number of halogens is 3. The molecule has 162 valence electrons. The van der Waals surface area contributed by atoms with Crippen molar-refractivity contribution in [1.29, 1.82) is 0 Å². The van der Waals surface area contributed by atoms with E-state index in [1.165, 1.54) is 0 Å². The second-order valence-corrected chi connectivity index (χ2v) is 8.48. The average Bonchev–Trinajstić information content (AvgIpc) is 2.66. The molecule has 0 spiro atoms. The van der Waals surface area contributed by atoms with Crippen LogP contribution in [0.15, 0.2) is 36.4 Å². The molecule has 30 heavy (non-hydrogen) atoms. The van der Waals surface area contributed by atoms with Crippen molar-refractivity contribution in [3.63, 3.8) is 0 Å². The third-order valence-electron chi connectivity index (χ3n) is 4.44. The van der Waals surface area contributed by atoms with Gasteiger partial charge in [0.2, 0.25) is 5.95 Å². The highest BCUT2D eigenvalue weighted by atomic mass is 32.1. The van der Waals surface area contributed by atoms with Gasteiger partial charge in [0.25, 0.3) is 0 Å². The molecule has 1 aliphatic heterocycles. The molecule has 0 radical (unpaired) electrons. The van der Waals surface area contributed by atoms with Crippen LogP contribution in [0, 0.1) is 0 Å². The average molecular weight is 439 g/mol. The van der Waals surface area contributed by atoms with Gasteiger partial charge in [-0.05, 0) is 45.1 Å². The van der Waals surface area contributed by atoms with E-state index in [1.54, 1.807) is 0 Å². The van der Waals surface area contributed by atoms with Crippen LogP contribution in [-0.4, -0.2) is 46.8 Å². The van der Waals surface area contributed by atoms with Gasteiger partial charge < -0.3 is 20.4 Å². The number of para-hydroxylation sites is 1. The summed E-state index contributed by atoms with van der Waals surface area (Å²) in [6, 6.07) is 10.9. The molecule has 0 unspecified atom stereocenters. The van der Waals surface area contributed by atoms with Crippen molar-refractivity contribution in [2.75, 3.05) is 41.3 Å². The molecular weight excluding hydrogens is 413 g/mol. The summed E-state index contributed by atoms with van der Waals surface area (Å²) in [4.78, 5) is 11.9. The predicted molar refractivity (Wildman–Crippen MR) is 117 cm³/mol. The molecule has 6 nitrogen and oxygen atoms in total. The van der Waals surface area contributed by atoms with Crippen LogP contribution >= 0.6 is 12.2 Å². The number of anilines is 3. The van der Waals surface area contributed by atoms with Crippen molar-refractivity contribution < 1.29 is 13.2 Å². The zero-order valence-electron chi connectivity index (χ0n) is 17.1. The topological polar surface area (TPSA) is 56.3 Å². The molecule has 0 saturated carbocycles. The number of nitrogens with one attached hydrogen (secondary N) is 2. The van der Waals surface area contributed by atoms with Crippen LogP contribution in [0.4, 0.5) is 30.6 Å². The maximum Gasteiger partial charge on any atom is 0.433 e. The predicted octanol–water partition coefficient (Wildman–Crippen LogP) is 3.91. The summed E-state index contributed by atoms with van der Waals surface area (Å²) in [6.45, 7) is 8.15. The highest BCUT2D eigenvalue weighted by Gasteiger charge is 2.34. The molecule has 1 aromatic heterocycles. The van der Waals surface area contributed by atoms with Gasteiger partial charge in [-0.1, -0.05) is 18.2 Å². The highest BCUT2D eigenvalue weighted by molar-refractivity contribution is 7.80. The molecule has 10 heteroatoms. The number of hydrogen-bond donors (Lipinski definition) is 2. The Morgan fingerprint density at radius 2 is 1.57 bits per heavy atom. The Hall–Kier alpha value is -2.62. The van der Waals surface area contributed by atoms with Gasteiger partial charge in [-0.3, -0.25) is 0 Å². The van der Waals surface area contributed by atoms with Crippen molar-refractivity contribution in [2.45, 2.75) is 32.5 Å². The first-order valence-corrected chi connectivity index (χ1v) is 10.0. The fourth-order valence-corrected chi connectivity index (χ4v) is 3.50. The summed E-state index contributed by atoms with van der Waals surface area (Å²) in [5, 5.41) is 5.84. The lowest BCUT2D eigenvalue weighted by atomic mass is 10.1. The SMILES string of the molecule is CC(C)(C)NC(=S)Nc1nc(N2CCN(c3ccccc3)CC2)cc(C(F)(F)F)n1. The highest BCUT2D eigenvalue weighted by Crippen LogP contribution is 2.31. The number of benzene rings is 1. The monoisotopic (exact) mass is 438 g/mol. The van der Waals surface area contributed by atoms with Crippen LogP contribution < -0.4 is 20.4 Å². The number of rotatable bonds is 3. The van der Waals surface area contributed by atoms with E-state index in [0.29, 0.717) is 26.2 Å². The van der Waals surface area contributed by atoms with Crippen LogP contribution in [0.3, 0.4) is 0 Å². The zero-order chi connectivity index (χ0) is 21.9. The van der Waals surface area contributed by atoms with Crippen molar-refractivity contribution >= 4 is 34.8 Å². The maximum atomic E-state index is 13.4. The molecule has 1 fully saturated rings. The van der Waals surface area contributed by atoms with Crippen LogP contribution in [0.25, 0.3) is 0 Å². The largest absolute Gasteiger partial charge is 0.433 e. The lowest BCUT2D eigenvalue weighted by molar-refractivity contribution is -0.141. The quantitative estimate of drug-likeness (QED) is 0.705. The molecule has 2 heterocycles. The summed E-state index contributed by atoms with van der Waals surface area (Å²) in [6.07, 6.45) is -4.58. The third kappa shape index (κ3) is 5.94. The van der Waals surface area contributed by atoms with E-state index in [9.17, 15) is 13.2 Å². The molecule has 2 aromatic rings. The number of hydrogen-bond acceptors (Lipinski definition) is 5. The van der Waals surface area contributed by atoms with Crippen molar-refractivity contribution in [3.05, 3.63) is 42.1 Å².